The maximum absolute atomic E-state index is 14.0. The number of benzene rings is 3. The third-order valence-electron chi connectivity index (χ3n) is 8.43. The van der Waals surface area contributed by atoms with Gasteiger partial charge in [0, 0.05) is 47.7 Å². The van der Waals surface area contributed by atoms with E-state index in [1.54, 1.807) is 76.4 Å². The summed E-state index contributed by atoms with van der Waals surface area (Å²) < 4.78 is 7.21. The fourth-order valence-corrected chi connectivity index (χ4v) is 5.78. The molecule has 13 heteroatoms. The number of phenols is 1. The molecule has 3 heterocycles. The van der Waals surface area contributed by atoms with Gasteiger partial charge in [-0.2, -0.15) is 10.4 Å². The summed E-state index contributed by atoms with van der Waals surface area (Å²) in [5, 5.41) is 30.2. The van der Waals surface area contributed by atoms with Gasteiger partial charge in [0.15, 0.2) is 0 Å². The molecular weight excluding hydrogens is 658 g/mol. The topological polar surface area (TPSA) is 153 Å². The van der Waals surface area contributed by atoms with Crippen molar-refractivity contribution in [1.82, 2.24) is 24.9 Å². The lowest BCUT2D eigenvalue weighted by molar-refractivity contribution is -0.148. The maximum Gasteiger partial charge on any atom is 0.318 e. The number of nitrogens with one attached hydrogen (secondary N) is 2. The van der Waals surface area contributed by atoms with E-state index in [0.29, 0.717) is 58.3 Å². The summed E-state index contributed by atoms with van der Waals surface area (Å²) in [6.45, 7) is 2.09. The van der Waals surface area contributed by atoms with E-state index in [-0.39, 0.29) is 43.9 Å². The normalized spacial score (nSPS) is 15.9. The molecule has 254 valence electrons. The molecule has 2 fully saturated rings. The average Bonchev–Trinajstić information content (AvgIpc) is 3.52. The minimum Gasteiger partial charge on any atom is -0.507 e. The maximum atomic E-state index is 14.0. The van der Waals surface area contributed by atoms with Gasteiger partial charge < -0.3 is 30.3 Å². The average molecular weight is 692 g/mol. The molecule has 6 rings (SSSR count). The van der Waals surface area contributed by atoms with Crippen LogP contribution in [0.15, 0.2) is 79.0 Å². The van der Waals surface area contributed by atoms with Gasteiger partial charge in [-0.15, -0.1) is 0 Å². The number of aryl methyl sites for hydroxylation is 1. The number of aromatic nitrogens is 2. The van der Waals surface area contributed by atoms with Crippen LogP contribution in [0.4, 0.5) is 10.5 Å². The van der Waals surface area contributed by atoms with E-state index >= 15 is 0 Å². The Morgan fingerprint density at radius 2 is 1.82 bits per heavy atom. The zero-order chi connectivity index (χ0) is 35.0. The molecule has 0 unspecified atom stereocenters. The second-order valence-corrected chi connectivity index (χ2v) is 12.2. The Morgan fingerprint density at radius 1 is 1.04 bits per heavy atom. The van der Waals surface area contributed by atoms with Crippen LogP contribution in [0, 0.1) is 23.2 Å². The Labute approximate surface area is 294 Å². The lowest BCUT2D eigenvalue weighted by Gasteiger charge is -2.38. The molecule has 3 N–H and O–H groups in total. The Hall–Kier alpha value is -5.82. The predicted octanol–water partition coefficient (Wildman–Crippen LogP) is 4.55. The Balaban J connectivity index is 1.17. The Kier molecular flexibility index (Phi) is 10.6. The van der Waals surface area contributed by atoms with E-state index in [4.69, 9.17) is 21.6 Å². The summed E-state index contributed by atoms with van der Waals surface area (Å²) in [5.41, 5.74) is 3.16. The number of amides is 4. The van der Waals surface area contributed by atoms with Gasteiger partial charge in [-0.3, -0.25) is 14.3 Å². The first-order valence-electron chi connectivity index (χ1n) is 16.2. The molecule has 4 amide bonds. The summed E-state index contributed by atoms with van der Waals surface area (Å²) in [6.07, 6.45) is 2.89. The fourth-order valence-electron chi connectivity index (χ4n) is 5.61. The van der Waals surface area contributed by atoms with Crippen LogP contribution in [0.2, 0.25) is 5.02 Å². The molecule has 2 aliphatic heterocycles. The van der Waals surface area contributed by atoms with Crippen molar-refractivity contribution in [3.63, 3.8) is 0 Å². The number of nitrogens with zero attached hydrogens (tertiary/aromatic N) is 5. The number of halogens is 1. The zero-order valence-electron chi connectivity index (χ0n) is 27.0. The number of phenolic OH excluding ortho intramolecular Hbond substituents is 1. The van der Waals surface area contributed by atoms with Gasteiger partial charge in [0.05, 0.1) is 37.8 Å². The van der Waals surface area contributed by atoms with Crippen LogP contribution in [0.1, 0.15) is 35.6 Å². The molecular formula is C37H34ClN7O5. The molecule has 0 bridgehead atoms. The number of urea groups is 1. The van der Waals surface area contributed by atoms with E-state index in [9.17, 15) is 19.5 Å². The van der Waals surface area contributed by atoms with E-state index in [1.807, 2.05) is 6.07 Å². The number of rotatable bonds is 8. The number of hydrogen-bond donors (Lipinski definition) is 3. The molecule has 2 aliphatic rings. The first kappa shape index (κ1) is 34.1. The minimum absolute atomic E-state index is 0.00119. The van der Waals surface area contributed by atoms with Crippen molar-refractivity contribution in [1.29, 1.82) is 5.26 Å². The van der Waals surface area contributed by atoms with Crippen molar-refractivity contribution in [3.05, 3.63) is 101 Å². The van der Waals surface area contributed by atoms with Crippen molar-refractivity contribution in [3.8, 4) is 34.9 Å². The molecule has 0 saturated carbocycles. The van der Waals surface area contributed by atoms with Crippen LogP contribution >= 0.6 is 11.6 Å². The number of nitriles is 1. The van der Waals surface area contributed by atoms with Crippen molar-refractivity contribution < 1.29 is 24.2 Å². The van der Waals surface area contributed by atoms with Gasteiger partial charge in [0.25, 0.3) is 5.91 Å². The van der Waals surface area contributed by atoms with Crippen molar-refractivity contribution >= 4 is 35.1 Å². The highest BCUT2D eigenvalue weighted by Crippen LogP contribution is 2.33. The molecule has 3 aromatic carbocycles. The lowest BCUT2D eigenvalue weighted by atomic mass is 10.0. The molecule has 2 atom stereocenters. The number of ether oxygens (including phenoxy) is 1. The summed E-state index contributed by atoms with van der Waals surface area (Å²) >= 11 is 6.18. The summed E-state index contributed by atoms with van der Waals surface area (Å²) in [6, 6.07) is 20.5. The van der Waals surface area contributed by atoms with Crippen LogP contribution in [-0.2, 0) is 20.9 Å². The third-order valence-corrected chi connectivity index (χ3v) is 8.66. The van der Waals surface area contributed by atoms with Crippen LogP contribution < -0.4 is 10.6 Å². The van der Waals surface area contributed by atoms with Gasteiger partial charge in [-0.05, 0) is 54.4 Å². The first-order chi connectivity index (χ1) is 24.3. The Bertz CT molecular complexity index is 1980. The number of likely N-dealkylation sites (tertiary alicyclic amines) is 1. The van der Waals surface area contributed by atoms with Crippen LogP contribution in [0.25, 0.3) is 11.3 Å². The van der Waals surface area contributed by atoms with E-state index < -0.39 is 18.0 Å². The van der Waals surface area contributed by atoms with Crippen molar-refractivity contribution in [2.45, 2.75) is 31.5 Å². The van der Waals surface area contributed by atoms with Gasteiger partial charge in [-0.1, -0.05) is 53.8 Å². The third kappa shape index (κ3) is 7.90. The Morgan fingerprint density at radius 3 is 2.54 bits per heavy atom. The van der Waals surface area contributed by atoms with Gasteiger partial charge in [-0.25, -0.2) is 4.79 Å². The lowest BCUT2D eigenvalue weighted by Crippen LogP contribution is -2.58. The highest BCUT2D eigenvalue weighted by Gasteiger charge is 2.38. The molecule has 1 aromatic heterocycles. The molecule has 12 nitrogen and oxygen atoms in total. The number of carbonyl (C=O) groups is 3. The molecule has 4 aromatic rings. The number of morpholine rings is 1. The van der Waals surface area contributed by atoms with Gasteiger partial charge >= 0.3 is 6.03 Å². The van der Waals surface area contributed by atoms with E-state index in [2.05, 4.69) is 33.6 Å². The van der Waals surface area contributed by atoms with Crippen molar-refractivity contribution in [2.75, 3.05) is 38.2 Å². The fraction of sp³-hybridized carbons (Fsp3) is 0.270. The number of aromatic hydroxyl groups is 1. The summed E-state index contributed by atoms with van der Waals surface area (Å²) in [5.74, 6) is 5.38. The van der Waals surface area contributed by atoms with Crippen LogP contribution in [0.3, 0.4) is 0 Å². The van der Waals surface area contributed by atoms with Crippen LogP contribution in [0.5, 0.6) is 5.75 Å². The second kappa shape index (κ2) is 15.6. The highest BCUT2D eigenvalue weighted by atomic mass is 35.5. The first-order valence-corrected chi connectivity index (χ1v) is 16.5. The minimum atomic E-state index is -0.961. The van der Waals surface area contributed by atoms with Crippen LogP contribution in [-0.4, -0.2) is 81.4 Å². The summed E-state index contributed by atoms with van der Waals surface area (Å²) in [7, 11) is 0. The SMILES string of the molecule is N#CCCn1cc(C#Cc2ccc(NC(=O)[C@H]3COCCN3C(=O)[C@@H](NC(=O)N3CCC3)c3ccccc3)cc2)c(-c2cc(Cl)ccc2O)n1. The largest absolute Gasteiger partial charge is 0.507 e. The monoisotopic (exact) mass is 691 g/mol. The second-order valence-electron chi connectivity index (χ2n) is 11.8. The molecule has 2 saturated heterocycles. The number of hydrogen-bond acceptors (Lipinski definition) is 7. The van der Waals surface area contributed by atoms with E-state index in [1.165, 1.54) is 11.0 Å². The molecule has 0 spiro atoms. The van der Waals surface area contributed by atoms with Gasteiger partial charge in [0.1, 0.15) is 23.5 Å². The smallest absolute Gasteiger partial charge is 0.318 e. The highest BCUT2D eigenvalue weighted by molar-refractivity contribution is 6.31. The standard InChI is InChI=1S/C37H34ClN7O5/c38-28-12-15-32(46)30(22-28)33-27(23-44(42-33)19-4-16-39)11-8-25-9-13-29(14-10-25)40-35(47)31-24-50-21-20-45(31)36(48)34(26-6-2-1-3-7-26)41-37(49)43-17-5-18-43/h1-3,6-7,9-10,12-15,22-23,31,34,46H,4-5,17-21,24H2,(H,40,47)(H,41,49)/t31-,34+/m1/s1. The zero-order valence-corrected chi connectivity index (χ0v) is 27.8. The number of anilines is 1. The van der Waals surface area contributed by atoms with Crippen molar-refractivity contribution in [2.24, 2.45) is 0 Å². The molecule has 0 aliphatic carbocycles. The molecule has 50 heavy (non-hydrogen) atoms. The quantitative estimate of drug-likeness (QED) is 0.229. The predicted molar refractivity (Wildman–Crippen MR) is 186 cm³/mol. The van der Waals surface area contributed by atoms with Gasteiger partial charge in [0.2, 0.25) is 5.91 Å². The number of carbonyl (C=O) groups excluding carboxylic acids is 3. The molecule has 0 radical (unpaired) electrons. The van der Waals surface area contributed by atoms with E-state index in [0.717, 1.165) is 6.42 Å². The summed E-state index contributed by atoms with van der Waals surface area (Å²) in [4.78, 5) is 43.5.